The number of carbonyl (C=O) groups is 1. The van der Waals surface area contributed by atoms with Gasteiger partial charge in [0.15, 0.2) is 0 Å². The molecule has 2 N–H and O–H groups in total. The fraction of sp³-hybridized carbons (Fsp3) is 0. The van der Waals surface area contributed by atoms with E-state index >= 15 is 0 Å². The normalized spacial score (nSPS) is 11.4. The van der Waals surface area contributed by atoms with Gasteiger partial charge in [0.25, 0.3) is 10.0 Å². The second-order valence-electron chi connectivity index (χ2n) is 5.11. The molecule has 1 aromatic heterocycles. The fourth-order valence-corrected chi connectivity index (χ4v) is 3.72. The van der Waals surface area contributed by atoms with Gasteiger partial charge in [0, 0.05) is 11.8 Å². The largest absolute Gasteiger partial charge is 0.323 e. The molecule has 0 radical (unpaired) electrons. The second kappa shape index (κ2) is 7.89. The lowest BCUT2D eigenvalue weighted by atomic mass is 10.2. The Balaban J connectivity index is 1.64. The molecule has 3 rings (SSSR count). The number of nitrogens with zero attached hydrogens (tertiary/aromatic N) is 2. The van der Waals surface area contributed by atoms with Crippen molar-refractivity contribution in [3.05, 3.63) is 71.7 Å². The van der Waals surface area contributed by atoms with Crippen LogP contribution in [-0.2, 0) is 14.8 Å². The van der Waals surface area contributed by atoms with Crippen molar-refractivity contribution in [2.45, 2.75) is 4.90 Å². The molecule has 0 aliphatic heterocycles. The highest BCUT2D eigenvalue weighted by atomic mass is 32.2. The van der Waals surface area contributed by atoms with E-state index in [2.05, 4.69) is 20.2 Å². The van der Waals surface area contributed by atoms with Gasteiger partial charge in [-0.2, -0.15) is 0 Å². The molecule has 0 fully saturated rings. The Morgan fingerprint density at radius 3 is 2.42 bits per heavy atom. The van der Waals surface area contributed by atoms with E-state index in [0.717, 1.165) is 16.9 Å². The minimum atomic E-state index is -3.74. The third-order valence-electron chi connectivity index (χ3n) is 3.24. The predicted molar refractivity (Wildman–Crippen MR) is 101 cm³/mol. The molecule has 9 heteroatoms. The molecule has 0 saturated carbocycles. The minimum absolute atomic E-state index is 0.0607. The van der Waals surface area contributed by atoms with Gasteiger partial charge in [-0.1, -0.05) is 41.7 Å². The maximum Gasteiger partial charge on any atom is 0.263 e. The number of hydrogen-bond donors (Lipinski definition) is 2. The Morgan fingerprint density at radius 1 is 1.04 bits per heavy atom. The van der Waals surface area contributed by atoms with Crippen LogP contribution in [0.4, 0.5) is 10.8 Å². The van der Waals surface area contributed by atoms with E-state index in [9.17, 15) is 13.2 Å². The molecule has 1 amide bonds. The summed E-state index contributed by atoms with van der Waals surface area (Å²) in [6.07, 6.45) is 3.11. The summed E-state index contributed by atoms with van der Waals surface area (Å²) < 4.78 is 26.8. The first kappa shape index (κ1) is 17.8. The van der Waals surface area contributed by atoms with Crippen LogP contribution in [0.1, 0.15) is 5.56 Å². The third kappa shape index (κ3) is 4.74. The summed E-state index contributed by atoms with van der Waals surface area (Å²) in [7, 11) is -3.74. The topological polar surface area (TPSA) is 101 Å². The van der Waals surface area contributed by atoms with Crippen LogP contribution >= 0.6 is 11.3 Å². The van der Waals surface area contributed by atoms with Gasteiger partial charge >= 0.3 is 0 Å². The molecule has 0 saturated heterocycles. The molecule has 0 bridgehead atoms. The number of anilines is 2. The van der Waals surface area contributed by atoms with E-state index in [1.807, 2.05) is 30.3 Å². The zero-order chi connectivity index (χ0) is 18.4. The number of hydrogen-bond acceptors (Lipinski definition) is 6. The van der Waals surface area contributed by atoms with E-state index in [1.54, 1.807) is 6.08 Å². The van der Waals surface area contributed by atoms with Crippen molar-refractivity contribution in [3.8, 4) is 0 Å². The van der Waals surface area contributed by atoms with Gasteiger partial charge in [0.1, 0.15) is 5.51 Å². The Hall–Kier alpha value is -3.04. The van der Waals surface area contributed by atoms with Crippen LogP contribution in [-0.4, -0.2) is 24.5 Å². The number of benzene rings is 2. The Bertz CT molecular complexity index is 1000. The maximum absolute atomic E-state index is 12.2. The molecule has 0 aliphatic rings. The third-order valence-corrected chi connectivity index (χ3v) is 5.33. The Morgan fingerprint density at radius 2 is 1.77 bits per heavy atom. The lowest BCUT2D eigenvalue weighted by Gasteiger charge is -2.06. The molecule has 3 aromatic rings. The molecule has 2 aromatic carbocycles. The minimum Gasteiger partial charge on any atom is -0.323 e. The maximum atomic E-state index is 12.2. The van der Waals surface area contributed by atoms with Crippen molar-refractivity contribution in [3.63, 3.8) is 0 Å². The first-order chi connectivity index (χ1) is 12.5. The van der Waals surface area contributed by atoms with Crippen molar-refractivity contribution in [1.29, 1.82) is 0 Å². The number of sulfonamides is 1. The zero-order valence-corrected chi connectivity index (χ0v) is 15.0. The highest BCUT2D eigenvalue weighted by Gasteiger charge is 2.15. The van der Waals surface area contributed by atoms with Crippen molar-refractivity contribution in [2.75, 3.05) is 10.0 Å². The van der Waals surface area contributed by atoms with Crippen molar-refractivity contribution in [1.82, 2.24) is 10.2 Å². The molecule has 0 spiro atoms. The summed E-state index contributed by atoms with van der Waals surface area (Å²) in [4.78, 5) is 12.0. The molecule has 1 heterocycles. The number of nitrogens with one attached hydrogen (secondary N) is 2. The Kier molecular flexibility index (Phi) is 5.40. The number of aromatic nitrogens is 2. The quantitative estimate of drug-likeness (QED) is 0.634. The molecule has 0 atom stereocenters. The highest BCUT2D eigenvalue weighted by Crippen LogP contribution is 2.19. The number of amides is 1. The second-order valence-corrected chi connectivity index (χ2v) is 7.62. The average molecular weight is 386 g/mol. The average Bonchev–Trinajstić information content (AvgIpc) is 3.14. The summed E-state index contributed by atoms with van der Waals surface area (Å²) in [5, 5.41) is 10.1. The summed E-state index contributed by atoms with van der Waals surface area (Å²) in [5.74, 6) is -0.309. The lowest BCUT2D eigenvalue weighted by Crippen LogP contribution is -2.13. The molecule has 0 unspecified atom stereocenters. The molecule has 7 nitrogen and oxygen atoms in total. The standard InChI is InChI=1S/C17H14N4O3S2/c22-16(11-6-13-4-2-1-3-5-13)19-14-7-9-15(10-8-14)26(23,24)21-17-20-18-12-25-17/h1-12H,(H,19,22)(H,20,21)/b11-6+. The summed E-state index contributed by atoms with van der Waals surface area (Å²) in [5.41, 5.74) is 2.83. The van der Waals surface area contributed by atoms with Crippen LogP contribution in [0.15, 0.2) is 71.1 Å². The van der Waals surface area contributed by atoms with E-state index in [1.165, 1.54) is 35.9 Å². The molecule has 0 aliphatic carbocycles. The summed E-state index contributed by atoms with van der Waals surface area (Å²) >= 11 is 1.08. The molecular weight excluding hydrogens is 372 g/mol. The smallest absolute Gasteiger partial charge is 0.263 e. The Labute approximate surface area is 154 Å². The monoisotopic (exact) mass is 386 g/mol. The van der Waals surface area contributed by atoms with Crippen LogP contribution in [0.2, 0.25) is 0 Å². The summed E-state index contributed by atoms with van der Waals surface area (Å²) in [6.45, 7) is 0. The predicted octanol–water partition coefficient (Wildman–Crippen LogP) is 2.99. The first-order valence-corrected chi connectivity index (χ1v) is 9.82. The van der Waals surface area contributed by atoms with Gasteiger partial charge in [-0.05, 0) is 35.9 Å². The van der Waals surface area contributed by atoms with Crippen LogP contribution in [0.5, 0.6) is 0 Å². The fourth-order valence-electron chi connectivity index (χ4n) is 2.03. The zero-order valence-electron chi connectivity index (χ0n) is 13.4. The van der Waals surface area contributed by atoms with Gasteiger partial charge < -0.3 is 5.32 Å². The number of rotatable bonds is 6. The molecular formula is C17H14N4O3S2. The van der Waals surface area contributed by atoms with Crippen LogP contribution in [0.3, 0.4) is 0 Å². The van der Waals surface area contributed by atoms with E-state index in [-0.39, 0.29) is 15.9 Å². The van der Waals surface area contributed by atoms with Gasteiger partial charge in [0.05, 0.1) is 4.90 Å². The highest BCUT2D eigenvalue weighted by molar-refractivity contribution is 7.93. The molecule has 26 heavy (non-hydrogen) atoms. The lowest BCUT2D eigenvalue weighted by molar-refractivity contribution is -0.111. The summed E-state index contributed by atoms with van der Waals surface area (Å²) in [6, 6.07) is 15.3. The van der Waals surface area contributed by atoms with Crippen molar-refractivity contribution in [2.24, 2.45) is 0 Å². The van der Waals surface area contributed by atoms with Crippen molar-refractivity contribution < 1.29 is 13.2 Å². The first-order valence-electron chi connectivity index (χ1n) is 7.46. The van der Waals surface area contributed by atoms with Gasteiger partial charge in [-0.15, -0.1) is 10.2 Å². The van der Waals surface area contributed by atoms with E-state index < -0.39 is 10.0 Å². The van der Waals surface area contributed by atoms with Crippen LogP contribution < -0.4 is 10.0 Å². The van der Waals surface area contributed by atoms with Gasteiger partial charge in [-0.3, -0.25) is 9.52 Å². The van der Waals surface area contributed by atoms with Crippen LogP contribution in [0.25, 0.3) is 6.08 Å². The SMILES string of the molecule is O=C(/C=C/c1ccccc1)Nc1ccc(S(=O)(=O)Nc2nncs2)cc1. The molecule has 132 valence electrons. The van der Waals surface area contributed by atoms with Gasteiger partial charge in [-0.25, -0.2) is 8.42 Å². The number of carbonyl (C=O) groups excluding carboxylic acids is 1. The van der Waals surface area contributed by atoms with Crippen molar-refractivity contribution >= 4 is 44.2 Å². The van der Waals surface area contributed by atoms with Crippen LogP contribution in [0, 0.1) is 0 Å². The van der Waals surface area contributed by atoms with E-state index in [4.69, 9.17) is 0 Å². The van der Waals surface area contributed by atoms with E-state index in [0.29, 0.717) is 5.69 Å². The van der Waals surface area contributed by atoms with Gasteiger partial charge in [0.2, 0.25) is 11.0 Å².